The molecule has 0 unspecified atom stereocenters. The van der Waals surface area contributed by atoms with Gasteiger partial charge in [0.2, 0.25) is 0 Å². The second kappa shape index (κ2) is 5.67. The van der Waals surface area contributed by atoms with Crippen LogP contribution in [0.4, 0.5) is 17.3 Å². The molecule has 5 nitrogen and oxygen atoms in total. The van der Waals surface area contributed by atoms with Gasteiger partial charge in [-0.3, -0.25) is 0 Å². The van der Waals surface area contributed by atoms with E-state index in [2.05, 4.69) is 53.6 Å². The third-order valence-electron chi connectivity index (χ3n) is 2.91. The van der Waals surface area contributed by atoms with Crippen LogP contribution in [0.5, 0.6) is 0 Å². The molecule has 1 aromatic heterocycles. The van der Waals surface area contributed by atoms with Gasteiger partial charge in [-0.1, -0.05) is 31.5 Å². The number of nitrogens with one attached hydrogen (secondary N) is 2. The molecule has 1 heterocycles. The van der Waals surface area contributed by atoms with Gasteiger partial charge < -0.3 is 10.7 Å². The number of benzene rings is 1. The maximum Gasteiger partial charge on any atom is 0.148 e. The lowest BCUT2D eigenvalue weighted by molar-refractivity contribution is 0.850. The van der Waals surface area contributed by atoms with Gasteiger partial charge in [0, 0.05) is 11.3 Å². The van der Waals surface area contributed by atoms with Crippen molar-refractivity contribution < 1.29 is 0 Å². The quantitative estimate of drug-likeness (QED) is 0.580. The summed E-state index contributed by atoms with van der Waals surface area (Å²) in [7, 11) is 0. The first-order valence-corrected chi connectivity index (χ1v) is 6.27. The Labute approximate surface area is 113 Å². The second-order valence-electron chi connectivity index (χ2n) is 4.77. The molecule has 0 radical (unpaired) electrons. The van der Waals surface area contributed by atoms with E-state index >= 15 is 0 Å². The number of aryl methyl sites for hydroxylation is 1. The van der Waals surface area contributed by atoms with Crippen molar-refractivity contribution in [2.75, 3.05) is 10.7 Å². The van der Waals surface area contributed by atoms with Crippen molar-refractivity contribution in [2.24, 2.45) is 5.84 Å². The summed E-state index contributed by atoms with van der Waals surface area (Å²) in [4.78, 5) is 8.46. The molecule has 0 aliphatic heterocycles. The standard InChI is InChI=1S/C14H19N5/c1-9(2)12-13(16-8-17-14(12)19-15)18-11-6-4-10(3)5-7-11/h4-9H,15H2,1-3H3,(H2,16,17,18,19). The highest BCUT2D eigenvalue weighted by Crippen LogP contribution is 2.29. The summed E-state index contributed by atoms with van der Waals surface area (Å²) in [6.45, 7) is 6.23. The van der Waals surface area contributed by atoms with Gasteiger partial charge >= 0.3 is 0 Å². The summed E-state index contributed by atoms with van der Waals surface area (Å²) in [5, 5.41) is 3.31. The number of nitrogens with zero attached hydrogens (tertiary/aromatic N) is 2. The molecular weight excluding hydrogens is 238 g/mol. The molecule has 0 saturated carbocycles. The summed E-state index contributed by atoms with van der Waals surface area (Å²) < 4.78 is 0. The first-order chi connectivity index (χ1) is 9.11. The zero-order valence-corrected chi connectivity index (χ0v) is 11.4. The van der Waals surface area contributed by atoms with Crippen LogP contribution < -0.4 is 16.6 Å². The number of nitrogen functional groups attached to an aromatic ring is 1. The zero-order chi connectivity index (χ0) is 13.8. The van der Waals surface area contributed by atoms with Crippen LogP contribution >= 0.6 is 0 Å². The number of nitrogens with two attached hydrogens (primary N) is 1. The fraction of sp³-hybridized carbons (Fsp3) is 0.286. The Hall–Kier alpha value is -2.14. The fourth-order valence-corrected chi connectivity index (χ4v) is 1.93. The molecule has 5 heteroatoms. The number of hydrazine groups is 1. The van der Waals surface area contributed by atoms with E-state index in [4.69, 9.17) is 5.84 Å². The molecule has 1 aromatic carbocycles. The third-order valence-corrected chi connectivity index (χ3v) is 2.91. The third kappa shape index (κ3) is 3.00. The van der Waals surface area contributed by atoms with E-state index in [-0.39, 0.29) is 5.92 Å². The van der Waals surface area contributed by atoms with Crippen molar-refractivity contribution in [3.05, 3.63) is 41.7 Å². The Morgan fingerprint density at radius 3 is 2.26 bits per heavy atom. The van der Waals surface area contributed by atoms with Crippen LogP contribution in [0, 0.1) is 6.92 Å². The van der Waals surface area contributed by atoms with Gasteiger partial charge in [0.25, 0.3) is 0 Å². The smallest absolute Gasteiger partial charge is 0.148 e. The molecule has 0 aliphatic rings. The van der Waals surface area contributed by atoms with Gasteiger partial charge in [-0.05, 0) is 25.0 Å². The molecule has 0 amide bonds. The van der Waals surface area contributed by atoms with Gasteiger partial charge in [0.1, 0.15) is 18.0 Å². The summed E-state index contributed by atoms with van der Waals surface area (Å²) >= 11 is 0. The van der Waals surface area contributed by atoms with Gasteiger partial charge in [0.05, 0.1) is 0 Å². The van der Waals surface area contributed by atoms with Crippen molar-refractivity contribution in [3.63, 3.8) is 0 Å². The first-order valence-electron chi connectivity index (χ1n) is 6.27. The molecule has 0 fully saturated rings. The maximum absolute atomic E-state index is 5.50. The van der Waals surface area contributed by atoms with E-state index in [9.17, 15) is 0 Å². The highest BCUT2D eigenvalue weighted by Gasteiger charge is 2.14. The molecule has 2 aromatic rings. The average Bonchev–Trinajstić information content (AvgIpc) is 2.40. The first kappa shape index (κ1) is 13.3. The Kier molecular flexibility index (Phi) is 3.97. The van der Waals surface area contributed by atoms with Gasteiger partial charge in [-0.15, -0.1) is 0 Å². The van der Waals surface area contributed by atoms with Crippen molar-refractivity contribution in [1.82, 2.24) is 9.97 Å². The lowest BCUT2D eigenvalue weighted by Gasteiger charge is -2.16. The Balaban J connectivity index is 2.36. The van der Waals surface area contributed by atoms with Crippen LogP contribution in [-0.4, -0.2) is 9.97 Å². The van der Waals surface area contributed by atoms with Crippen LogP contribution in [0.3, 0.4) is 0 Å². The Morgan fingerprint density at radius 2 is 1.68 bits per heavy atom. The highest BCUT2D eigenvalue weighted by atomic mass is 15.3. The second-order valence-corrected chi connectivity index (χ2v) is 4.77. The Morgan fingerprint density at radius 1 is 1.05 bits per heavy atom. The molecule has 19 heavy (non-hydrogen) atoms. The van der Waals surface area contributed by atoms with Gasteiger partial charge in [0.15, 0.2) is 0 Å². The molecule has 0 bridgehead atoms. The minimum atomic E-state index is 0.264. The number of aromatic nitrogens is 2. The normalized spacial score (nSPS) is 10.6. The SMILES string of the molecule is Cc1ccc(Nc2ncnc(NN)c2C(C)C)cc1. The predicted molar refractivity (Wildman–Crippen MR) is 78.4 cm³/mol. The van der Waals surface area contributed by atoms with E-state index in [0.29, 0.717) is 5.82 Å². The Bertz CT molecular complexity index is 548. The molecule has 0 atom stereocenters. The summed E-state index contributed by atoms with van der Waals surface area (Å²) in [6, 6.07) is 8.16. The highest BCUT2D eigenvalue weighted by molar-refractivity contribution is 5.65. The van der Waals surface area contributed by atoms with Crippen molar-refractivity contribution in [3.8, 4) is 0 Å². The van der Waals surface area contributed by atoms with E-state index in [0.717, 1.165) is 17.1 Å². The van der Waals surface area contributed by atoms with Crippen LogP contribution in [0.25, 0.3) is 0 Å². The number of anilines is 3. The minimum Gasteiger partial charge on any atom is -0.340 e. The number of rotatable bonds is 4. The predicted octanol–water partition coefficient (Wildman–Crippen LogP) is 2.94. The van der Waals surface area contributed by atoms with Crippen LogP contribution in [-0.2, 0) is 0 Å². The molecular formula is C14H19N5. The van der Waals surface area contributed by atoms with Crippen LogP contribution in [0.2, 0.25) is 0 Å². The molecule has 2 rings (SSSR count). The molecule has 0 spiro atoms. The molecule has 0 aliphatic carbocycles. The fourth-order valence-electron chi connectivity index (χ4n) is 1.93. The van der Waals surface area contributed by atoms with Crippen LogP contribution in [0.1, 0.15) is 30.9 Å². The van der Waals surface area contributed by atoms with E-state index in [1.165, 1.54) is 11.9 Å². The zero-order valence-electron chi connectivity index (χ0n) is 11.4. The number of hydrogen-bond acceptors (Lipinski definition) is 5. The summed E-state index contributed by atoms with van der Waals surface area (Å²) in [5.74, 6) is 7.20. The van der Waals surface area contributed by atoms with E-state index in [1.54, 1.807) is 0 Å². The van der Waals surface area contributed by atoms with Gasteiger partial charge in [-0.25, -0.2) is 15.8 Å². The van der Waals surface area contributed by atoms with Crippen molar-refractivity contribution >= 4 is 17.3 Å². The van der Waals surface area contributed by atoms with Crippen molar-refractivity contribution in [2.45, 2.75) is 26.7 Å². The van der Waals surface area contributed by atoms with Crippen molar-refractivity contribution in [1.29, 1.82) is 0 Å². The van der Waals surface area contributed by atoms with Gasteiger partial charge in [-0.2, -0.15) is 0 Å². The molecule has 0 saturated heterocycles. The van der Waals surface area contributed by atoms with Crippen LogP contribution in [0.15, 0.2) is 30.6 Å². The lowest BCUT2D eigenvalue weighted by atomic mass is 10.0. The summed E-state index contributed by atoms with van der Waals surface area (Å²) in [5.41, 5.74) is 5.82. The maximum atomic E-state index is 5.50. The average molecular weight is 257 g/mol. The molecule has 4 N–H and O–H groups in total. The van der Waals surface area contributed by atoms with E-state index in [1.807, 2.05) is 12.1 Å². The monoisotopic (exact) mass is 257 g/mol. The minimum absolute atomic E-state index is 0.264. The topological polar surface area (TPSA) is 75.9 Å². The lowest BCUT2D eigenvalue weighted by Crippen LogP contribution is -2.14. The molecule has 100 valence electrons. The number of hydrogen-bond donors (Lipinski definition) is 3. The largest absolute Gasteiger partial charge is 0.340 e. The van der Waals surface area contributed by atoms with E-state index < -0.39 is 0 Å². The summed E-state index contributed by atoms with van der Waals surface area (Å²) in [6.07, 6.45) is 1.50.